The fourth-order valence-electron chi connectivity index (χ4n) is 2.98. The number of carbonyl (C=O) groups is 1. The molecule has 3 rings (SSSR count). The summed E-state index contributed by atoms with van der Waals surface area (Å²) in [7, 11) is 1.85. The Bertz CT molecular complexity index is 753. The Balaban J connectivity index is 2.27. The lowest BCUT2D eigenvalue weighted by Crippen LogP contribution is -2.34. The maximum Gasteiger partial charge on any atom is 0.147 e. The third-order valence-corrected chi connectivity index (χ3v) is 4.13. The van der Waals surface area contributed by atoms with E-state index in [2.05, 4.69) is 59.9 Å². The summed E-state index contributed by atoms with van der Waals surface area (Å²) in [5.41, 5.74) is 1.25. The molecule has 106 valence electrons. The van der Waals surface area contributed by atoms with E-state index in [1.165, 1.54) is 27.1 Å². The third kappa shape index (κ3) is 2.55. The molecule has 0 heterocycles. The maximum atomic E-state index is 11.8. The van der Waals surface area contributed by atoms with Crippen molar-refractivity contribution < 1.29 is 4.79 Å². The largest absolute Gasteiger partial charge is 0.310 e. The Morgan fingerprint density at radius 3 is 2.00 bits per heavy atom. The molecule has 3 aromatic carbocycles. The van der Waals surface area contributed by atoms with Gasteiger partial charge in [-0.3, -0.25) is 4.79 Å². The average Bonchev–Trinajstić information content (AvgIpc) is 2.51. The summed E-state index contributed by atoms with van der Waals surface area (Å²) in [6.45, 7) is 1.65. The van der Waals surface area contributed by atoms with Crippen molar-refractivity contribution >= 4 is 27.3 Å². The number of hydrogen-bond donors (Lipinski definition) is 1. The molecule has 0 fully saturated rings. The topological polar surface area (TPSA) is 29.1 Å². The summed E-state index contributed by atoms with van der Waals surface area (Å²) < 4.78 is 0. The molecule has 0 saturated carbocycles. The molecular formula is C19H19NO. The van der Waals surface area contributed by atoms with Crippen molar-refractivity contribution in [2.75, 3.05) is 7.05 Å². The van der Waals surface area contributed by atoms with Crippen LogP contribution in [0, 0.1) is 0 Å². The molecule has 0 aliphatic carbocycles. The smallest absolute Gasteiger partial charge is 0.147 e. The predicted octanol–water partition coefficient (Wildman–Crippen LogP) is 3.71. The normalized spacial score (nSPS) is 12.7. The average molecular weight is 277 g/mol. The lowest BCUT2D eigenvalue weighted by Gasteiger charge is -2.17. The van der Waals surface area contributed by atoms with Crippen molar-refractivity contribution in [2.45, 2.75) is 19.4 Å². The van der Waals surface area contributed by atoms with Gasteiger partial charge in [0.25, 0.3) is 0 Å². The Morgan fingerprint density at radius 1 is 1.00 bits per heavy atom. The van der Waals surface area contributed by atoms with Crippen LogP contribution < -0.4 is 5.32 Å². The highest BCUT2D eigenvalue weighted by molar-refractivity contribution is 6.02. The maximum absolute atomic E-state index is 11.8. The van der Waals surface area contributed by atoms with Crippen LogP contribution in [0.1, 0.15) is 12.5 Å². The van der Waals surface area contributed by atoms with Crippen LogP contribution >= 0.6 is 0 Å². The first kappa shape index (κ1) is 13.8. The Kier molecular flexibility index (Phi) is 3.72. The third-order valence-electron chi connectivity index (χ3n) is 4.13. The molecule has 0 unspecified atom stereocenters. The van der Waals surface area contributed by atoms with Crippen LogP contribution in [0.4, 0.5) is 0 Å². The summed E-state index contributed by atoms with van der Waals surface area (Å²) in [6.07, 6.45) is 0.716. The minimum atomic E-state index is -0.140. The van der Waals surface area contributed by atoms with E-state index in [9.17, 15) is 4.79 Å². The summed E-state index contributed by atoms with van der Waals surface area (Å²) in [4.78, 5) is 11.8. The second-order valence-electron chi connectivity index (χ2n) is 5.45. The fourth-order valence-corrected chi connectivity index (χ4v) is 2.98. The van der Waals surface area contributed by atoms with E-state index in [0.717, 1.165) is 0 Å². The van der Waals surface area contributed by atoms with Crippen LogP contribution in [0.25, 0.3) is 21.5 Å². The minimum Gasteiger partial charge on any atom is -0.310 e. The number of Topliss-reactive ketones (excluding diaryl/α,β-unsaturated/α-hetero) is 1. The van der Waals surface area contributed by atoms with Crippen LogP contribution in [-0.4, -0.2) is 18.9 Å². The van der Waals surface area contributed by atoms with Gasteiger partial charge in [0.15, 0.2) is 0 Å². The van der Waals surface area contributed by atoms with Crippen molar-refractivity contribution in [1.29, 1.82) is 0 Å². The lowest BCUT2D eigenvalue weighted by atomic mass is 9.92. The highest BCUT2D eigenvalue weighted by atomic mass is 16.1. The molecule has 3 aromatic rings. The van der Waals surface area contributed by atoms with E-state index in [0.29, 0.717) is 6.42 Å². The van der Waals surface area contributed by atoms with Gasteiger partial charge in [-0.1, -0.05) is 48.5 Å². The molecule has 1 N–H and O–H groups in total. The molecule has 2 heteroatoms. The molecule has 2 nitrogen and oxygen atoms in total. The zero-order chi connectivity index (χ0) is 14.8. The highest BCUT2D eigenvalue weighted by Crippen LogP contribution is 2.29. The first-order valence-corrected chi connectivity index (χ1v) is 7.28. The van der Waals surface area contributed by atoms with E-state index in [1.54, 1.807) is 6.92 Å². The van der Waals surface area contributed by atoms with Gasteiger partial charge in [-0.25, -0.2) is 0 Å². The second-order valence-corrected chi connectivity index (χ2v) is 5.45. The lowest BCUT2D eigenvalue weighted by molar-refractivity contribution is -0.118. The summed E-state index contributed by atoms with van der Waals surface area (Å²) in [5.74, 6) is 0.175. The Hall–Kier alpha value is -2.19. The number of hydrogen-bond acceptors (Lipinski definition) is 2. The van der Waals surface area contributed by atoms with Gasteiger partial charge < -0.3 is 5.32 Å². The van der Waals surface area contributed by atoms with Gasteiger partial charge in [-0.15, -0.1) is 0 Å². The molecular weight excluding hydrogens is 258 g/mol. The number of likely N-dealkylation sites (N-methyl/N-ethyl adjacent to an activating group) is 1. The van der Waals surface area contributed by atoms with Crippen molar-refractivity contribution in [3.63, 3.8) is 0 Å². The molecule has 0 spiro atoms. The molecule has 1 atom stereocenters. The van der Waals surface area contributed by atoms with Gasteiger partial charge in [0, 0.05) is 0 Å². The van der Waals surface area contributed by atoms with Crippen molar-refractivity contribution in [1.82, 2.24) is 5.32 Å². The first-order chi connectivity index (χ1) is 10.2. The van der Waals surface area contributed by atoms with E-state index < -0.39 is 0 Å². The molecule has 0 radical (unpaired) electrons. The predicted molar refractivity (Wildman–Crippen MR) is 88.7 cm³/mol. The van der Waals surface area contributed by atoms with E-state index in [4.69, 9.17) is 0 Å². The number of rotatable bonds is 4. The molecule has 0 saturated heterocycles. The van der Waals surface area contributed by atoms with Crippen molar-refractivity contribution in [3.05, 3.63) is 60.2 Å². The number of carbonyl (C=O) groups excluding carboxylic acids is 1. The second kappa shape index (κ2) is 5.66. The number of nitrogens with one attached hydrogen (secondary N) is 1. The zero-order valence-electron chi connectivity index (χ0n) is 12.4. The van der Waals surface area contributed by atoms with Gasteiger partial charge >= 0.3 is 0 Å². The van der Waals surface area contributed by atoms with E-state index in [-0.39, 0.29) is 11.8 Å². The minimum absolute atomic E-state index is 0.140. The standard InChI is InChI=1S/C19H19NO/c1-13(21)19(20-2)12-18-16-9-5-3-7-14(16)11-15-8-4-6-10-17(15)18/h3-11,19-20H,12H2,1-2H3/t19-/m0/s1. The summed E-state index contributed by atoms with van der Waals surface area (Å²) in [5, 5.41) is 8.05. The SMILES string of the molecule is CN[C@@H](Cc1c2ccccc2cc2ccccc12)C(C)=O. The van der Waals surface area contributed by atoms with Gasteiger partial charge in [0.05, 0.1) is 6.04 Å². The quantitative estimate of drug-likeness (QED) is 0.737. The van der Waals surface area contributed by atoms with Crippen LogP contribution in [0.3, 0.4) is 0 Å². The van der Waals surface area contributed by atoms with Crippen molar-refractivity contribution in [2.24, 2.45) is 0 Å². The number of benzene rings is 3. The monoisotopic (exact) mass is 277 g/mol. The first-order valence-electron chi connectivity index (χ1n) is 7.28. The molecule has 0 aromatic heterocycles. The van der Waals surface area contributed by atoms with E-state index >= 15 is 0 Å². The fraction of sp³-hybridized carbons (Fsp3) is 0.211. The zero-order valence-corrected chi connectivity index (χ0v) is 12.4. The number of ketones is 1. The van der Waals surface area contributed by atoms with Crippen LogP contribution in [0.15, 0.2) is 54.6 Å². The van der Waals surface area contributed by atoms with Crippen LogP contribution in [0.5, 0.6) is 0 Å². The van der Waals surface area contributed by atoms with Gasteiger partial charge in [-0.2, -0.15) is 0 Å². The van der Waals surface area contributed by atoms with E-state index in [1.807, 2.05) is 7.05 Å². The van der Waals surface area contributed by atoms with Crippen LogP contribution in [-0.2, 0) is 11.2 Å². The van der Waals surface area contributed by atoms with Gasteiger partial charge in [-0.05, 0) is 53.6 Å². The highest BCUT2D eigenvalue weighted by Gasteiger charge is 2.16. The Morgan fingerprint density at radius 2 is 1.52 bits per heavy atom. The molecule has 0 amide bonds. The summed E-state index contributed by atoms with van der Waals surface area (Å²) >= 11 is 0. The van der Waals surface area contributed by atoms with Crippen LogP contribution in [0.2, 0.25) is 0 Å². The number of fused-ring (bicyclic) bond motifs is 2. The molecule has 0 aliphatic rings. The molecule has 0 bridgehead atoms. The molecule has 21 heavy (non-hydrogen) atoms. The van der Waals surface area contributed by atoms with Gasteiger partial charge in [0.1, 0.15) is 5.78 Å². The molecule has 0 aliphatic heterocycles. The van der Waals surface area contributed by atoms with Gasteiger partial charge in [0.2, 0.25) is 0 Å². The summed E-state index contributed by atoms with van der Waals surface area (Å²) in [6, 6.07) is 18.9. The van der Waals surface area contributed by atoms with Crippen molar-refractivity contribution in [3.8, 4) is 0 Å². The Labute approximate surface area is 124 Å².